The van der Waals surface area contributed by atoms with Crippen molar-refractivity contribution in [2.45, 2.75) is 13.0 Å². The number of benzene rings is 1. The van der Waals surface area contributed by atoms with E-state index >= 15 is 0 Å². The third kappa shape index (κ3) is 3.78. The van der Waals surface area contributed by atoms with Gasteiger partial charge in [0.2, 0.25) is 5.88 Å². The second-order valence-corrected chi connectivity index (χ2v) is 5.22. The lowest BCUT2D eigenvalue weighted by Gasteiger charge is -2.24. The summed E-state index contributed by atoms with van der Waals surface area (Å²) in [7, 11) is 0. The number of aromatic nitrogens is 1. The fourth-order valence-corrected chi connectivity index (χ4v) is 2.47. The zero-order valence-electron chi connectivity index (χ0n) is 13.0. The van der Waals surface area contributed by atoms with Crippen LogP contribution in [0.2, 0.25) is 0 Å². The van der Waals surface area contributed by atoms with Crippen LogP contribution in [0.4, 0.5) is 15.9 Å². The molecule has 1 aromatic heterocycles. The normalized spacial score (nSPS) is 17.7. The second-order valence-electron chi connectivity index (χ2n) is 5.22. The van der Waals surface area contributed by atoms with E-state index in [0.29, 0.717) is 35.6 Å². The molecule has 1 fully saturated rings. The second kappa shape index (κ2) is 7.39. The van der Waals surface area contributed by atoms with Gasteiger partial charge in [-0.2, -0.15) is 5.12 Å². The zero-order valence-corrected chi connectivity index (χ0v) is 13.0. The van der Waals surface area contributed by atoms with Gasteiger partial charge in [-0.05, 0) is 30.7 Å². The molecule has 0 spiro atoms. The highest BCUT2D eigenvalue weighted by Crippen LogP contribution is 2.28. The molecular formula is C17H20FN3O2. The topological polar surface area (TPSA) is 46.6 Å². The smallest absolute Gasteiger partial charge is 0.213 e. The van der Waals surface area contributed by atoms with Crippen LogP contribution in [0.1, 0.15) is 18.6 Å². The number of anilines is 2. The number of ether oxygens (including phenoxy) is 2. The number of rotatable bonds is 5. The Balaban J connectivity index is 1.70. The lowest BCUT2D eigenvalue weighted by atomic mass is 10.1. The molecule has 1 aliphatic heterocycles. The third-order valence-corrected chi connectivity index (χ3v) is 3.66. The summed E-state index contributed by atoms with van der Waals surface area (Å²) in [6.45, 7) is 4.76. The van der Waals surface area contributed by atoms with Crippen LogP contribution in [0, 0.1) is 0 Å². The predicted molar refractivity (Wildman–Crippen MR) is 86.7 cm³/mol. The number of hydrogen-bond donors (Lipinski definition) is 1. The Labute approximate surface area is 135 Å². The molecule has 0 saturated carbocycles. The van der Waals surface area contributed by atoms with Crippen LogP contribution in [0.25, 0.3) is 0 Å². The number of nitrogens with zero attached hydrogens (tertiary/aromatic N) is 2. The van der Waals surface area contributed by atoms with Gasteiger partial charge < -0.3 is 14.8 Å². The van der Waals surface area contributed by atoms with Crippen molar-refractivity contribution in [2.24, 2.45) is 0 Å². The molecule has 6 heteroatoms. The summed E-state index contributed by atoms with van der Waals surface area (Å²) < 4.78 is 25.4. The van der Waals surface area contributed by atoms with Crippen molar-refractivity contribution in [1.82, 2.24) is 10.3 Å². The number of pyridine rings is 1. The first-order valence-electron chi connectivity index (χ1n) is 7.75. The highest BCUT2D eigenvalue weighted by atomic mass is 19.2. The molecule has 1 atom stereocenters. The van der Waals surface area contributed by atoms with E-state index in [4.69, 9.17) is 9.47 Å². The molecule has 1 saturated heterocycles. The Kier molecular flexibility index (Phi) is 5.05. The zero-order chi connectivity index (χ0) is 16.1. The molecule has 1 aromatic carbocycles. The fraction of sp³-hybridized carbons (Fsp3) is 0.353. The standard InChI is InChI=1S/C17H20FN3O2/c1-2-22-17-8-7-15(11-20-17)21(18)14-5-3-13(4-6-14)16-12-19-9-10-23-16/h3-8,11,16,19H,2,9-10,12H2,1H3/t16-/m1/s1. The van der Waals surface area contributed by atoms with Gasteiger partial charge >= 0.3 is 0 Å². The minimum absolute atomic E-state index is 0.0259. The van der Waals surface area contributed by atoms with Crippen LogP contribution >= 0.6 is 0 Å². The fourth-order valence-electron chi connectivity index (χ4n) is 2.47. The molecule has 5 nitrogen and oxygen atoms in total. The first kappa shape index (κ1) is 15.7. The van der Waals surface area contributed by atoms with E-state index in [1.807, 2.05) is 19.1 Å². The average molecular weight is 317 g/mol. The van der Waals surface area contributed by atoms with Crippen LogP contribution in [0.3, 0.4) is 0 Å². The summed E-state index contributed by atoms with van der Waals surface area (Å²) in [5, 5.41) is 3.89. The maximum absolute atomic E-state index is 14.5. The van der Waals surface area contributed by atoms with E-state index in [1.165, 1.54) is 6.20 Å². The Hall–Kier alpha value is -2.18. The molecular weight excluding hydrogens is 297 g/mol. The minimum Gasteiger partial charge on any atom is -0.478 e. The molecule has 23 heavy (non-hydrogen) atoms. The molecule has 3 rings (SSSR count). The quantitative estimate of drug-likeness (QED) is 0.858. The van der Waals surface area contributed by atoms with E-state index in [-0.39, 0.29) is 6.10 Å². The van der Waals surface area contributed by atoms with Crippen molar-refractivity contribution in [1.29, 1.82) is 0 Å². The highest BCUT2D eigenvalue weighted by molar-refractivity contribution is 5.60. The predicted octanol–water partition coefficient (Wildman–Crippen LogP) is 3.16. The van der Waals surface area contributed by atoms with Gasteiger partial charge in [0.1, 0.15) is 0 Å². The average Bonchev–Trinajstić information content (AvgIpc) is 2.63. The molecule has 0 amide bonds. The van der Waals surface area contributed by atoms with Crippen LogP contribution in [-0.4, -0.2) is 31.3 Å². The van der Waals surface area contributed by atoms with Crippen LogP contribution in [0.15, 0.2) is 42.6 Å². The van der Waals surface area contributed by atoms with Gasteiger partial charge in [0, 0.05) is 19.2 Å². The van der Waals surface area contributed by atoms with E-state index in [0.717, 1.165) is 18.7 Å². The number of halogens is 1. The Morgan fingerprint density at radius 2 is 2.04 bits per heavy atom. The van der Waals surface area contributed by atoms with Crippen LogP contribution in [-0.2, 0) is 4.74 Å². The number of hydrogen-bond acceptors (Lipinski definition) is 5. The lowest BCUT2D eigenvalue weighted by molar-refractivity contribution is 0.0277. The van der Waals surface area contributed by atoms with Crippen molar-refractivity contribution in [3.8, 4) is 5.88 Å². The van der Waals surface area contributed by atoms with Crippen LogP contribution in [0.5, 0.6) is 5.88 Å². The summed E-state index contributed by atoms with van der Waals surface area (Å²) in [5.74, 6) is 0.488. The molecule has 1 N–H and O–H groups in total. The molecule has 1 aliphatic rings. The van der Waals surface area contributed by atoms with Gasteiger partial charge in [0.05, 0.1) is 36.9 Å². The van der Waals surface area contributed by atoms with Gasteiger partial charge in [0.15, 0.2) is 0 Å². The Bertz CT molecular complexity index is 613. The van der Waals surface area contributed by atoms with Crippen molar-refractivity contribution in [3.05, 3.63) is 48.2 Å². The van der Waals surface area contributed by atoms with Crippen molar-refractivity contribution >= 4 is 11.4 Å². The number of nitrogens with one attached hydrogen (secondary N) is 1. The van der Waals surface area contributed by atoms with Gasteiger partial charge in [-0.1, -0.05) is 16.6 Å². The minimum atomic E-state index is 0.0259. The molecule has 122 valence electrons. The van der Waals surface area contributed by atoms with Crippen LogP contribution < -0.4 is 15.2 Å². The van der Waals surface area contributed by atoms with E-state index in [9.17, 15) is 4.48 Å². The molecule has 0 radical (unpaired) electrons. The maximum Gasteiger partial charge on any atom is 0.213 e. The Morgan fingerprint density at radius 3 is 2.65 bits per heavy atom. The first-order valence-corrected chi connectivity index (χ1v) is 7.75. The molecule has 2 aromatic rings. The van der Waals surface area contributed by atoms with Gasteiger partial charge in [-0.15, -0.1) is 0 Å². The van der Waals surface area contributed by atoms with E-state index in [2.05, 4.69) is 10.3 Å². The summed E-state index contributed by atoms with van der Waals surface area (Å²) in [5.41, 5.74) is 1.85. The molecule has 2 heterocycles. The monoisotopic (exact) mass is 317 g/mol. The first-order chi connectivity index (χ1) is 11.3. The van der Waals surface area contributed by atoms with Gasteiger partial charge in [-0.3, -0.25) is 0 Å². The van der Waals surface area contributed by atoms with Crippen molar-refractivity contribution in [3.63, 3.8) is 0 Å². The summed E-state index contributed by atoms with van der Waals surface area (Å²) in [6, 6.07) is 10.6. The summed E-state index contributed by atoms with van der Waals surface area (Å²) in [6.07, 6.45) is 1.48. The van der Waals surface area contributed by atoms with Gasteiger partial charge in [-0.25, -0.2) is 4.98 Å². The van der Waals surface area contributed by atoms with Gasteiger partial charge in [0.25, 0.3) is 0 Å². The highest BCUT2D eigenvalue weighted by Gasteiger charge is 2.16. The summed E-state index contributed by atoms with van der Waals surface area (Å²) >= 11 is 0. The summed E-state index contributed by atoms with van der Waals surface area (Å²) in [4.78, 5) is 4.07. The molecule has 0 bridgehead atoms. The Morgan fingerprint density at radius 1 is 1.26 bits per heavy atom. The van der Waals surface area contributed by atoms with E-state index < -0.39 is 0 Å². The third-order valence-electron chi connectivity index (χ3n) is 3.66. The molecule has 0 aliphatic carbocycles. The lowest BCUT2D eigenvalue weighted by Crippen LogP contribution is -2.33. The largest absolute Gasteiger partial charge is 0.478 e. The maximum atomic E-state index is 14.5. The SMILES string of the molecule is CCOc1ccc(N(F)c2ccc([C@H]3CNCCO3)cc2)cn1. The molecule has 0 unspecified atom stereocenters. The van der Waals surface area contributed by atoms with Crippen molar-refractivity contribution in [2.75, 3.05) is 31.4 Å². The van der Waals surface area contributed by atoms with E-state index in [1.54, 1.807) is 24.3 Å². The van der Waals surface area contributed by atoms with Crippen molar-refractivity contribution < 1.29 is 14.0 Å². The number of morpholine rings is 1.